The Hall–Kier alpha value is -4.26. The summed E-state index contributed by atoms with van der Waals surface area (Å²) in [7, 11) is 4.87. The van der Waals surface area contributed by atoms with E-state index in [-0.39, 0.29) is 5.56 Å². The topological polar surface area (TPSA) is 77.8 Å². The highest BCUT2D eigenvalue weighted by Crippen LogP contribution is 2.25. The molecule has 3 aromatic carbocycles. The van der Waals surface area contributed by atoms with Crippen LogP contribution in [-0.2, 0) is 6.54 Å². The van der Waals surface area contributed by atoms with Crippen LogP contribution in [0.15, 0.2) is 82.6 Å². The van der Waals surface area contributed by atoms with Gasteiger partial charge in [0.15, 0.2) is 0 Å². The molecule has 0 unspecified atom stereocenters. The third-order valence-corrected chi connectivity index (χ3v) is 5.62. The van der Waals surface area contributed by atoms with E-state index in [1.54, 1.807) is 21.3 Å². The molecular formula is C27H27N3O4. The number of aromatic nitrogens is 2. The molecule has 0 aliphatic carbocycles. The lowest BCUT2D eigenvalue weighted by atomic mass is 10.0. The zero-order valence-electron chi connectivity index (χ0n) is 19.7. The molecule has 0 spiro atoms. The largest absolute Gasteiger partial charge is 0.497 e. The number of hydrogen-bond acceptors (Lipinski definition) is 5. The maximum absolute atomic E-state index is 13.6. The van der Waals surface area contributed by atoms with Gasteiger partial charge in [0.05, 0.1) is 44.8 Å². The van der Waals surface area contributed by atoms with Crippen molar-refractivity contribution in [2.75, 3.05) is 21.3 Å². The second-order valence-corrected chi connectivity index (χ2v) is 7.68. The predicted octanol–water partition coefficient (Wildman–Crippen LogP) is 4.87. The molecule has 174 valence electrons. The van der Waals surface area contributed by atoms with Gasteiger partial charge in [0.1, 0.15) is 17.2 Å². The molecule has 34 heavy (non-hydrogen) atoms. The Morgan fingerprint density at radius 3 is 1.82 bits per heavy atom. The van der Waals surface area contributed by atoms with Crippen molar-refractivity contribution in [1.29, 1.82) is 0 Å². The fourth-order valence-electron chi connectivity index (χ4n) is 3.67. The van der Waals surface area contributed by atoms with Gasteiger partial charge in [-0.15, -0.1) is 0 Å². The molecule has 0 bridgehead atoms. The number of nitrogens with one attached hydrogen (secondary N) is 1. The van der Waals surface area contributed by atoms with E-state index < -0.39 is 0 Å². The minimum Gasteiger partial charge on any atom is -0.497 e. The SMILES string of the molecule is COc1ccc(CN=C(C)c2c(-c3ccc(OC)cc3)[nH]n(-c3ccc(OC)cc3)c2=O)cc1. The zero-order valence-corrected chi connectivity index (χ0v) is 19.7. The highest BCUT2D eigenvalue weighted by molar-refractivity contribution is 6.03. The van der Waals surface area contributed by atoms with Crippen LogP contribution in [0.5, 0.6) is 17.2 Å². The highest BCUT2D eigenvalue weighted by Gasteiger charge is 2.19. The Morgan fingerprint density at radius 1 is 0.794 bits per heavy atom. The van der Waals surface area contributed by atoms with Crippen LogP contribution >= 0.6 is 0 Å². The maximum atomic E-state index is 13.6. The molecule has 0 aliphatic rings. The van der Waals surface area contributed by atoms with Gasteiger partial charge in [-0.1, -0.05) is 12.1 Å². The summed E-state index contributed by atoms with van der Waals surface area (Å²) in [4.78, 5) is 18.3. The van der Waals surface area contributed by atoms with Gasteiger partial charge >= 0.3 is 0 Å². The molecule has 0 radical (unpaired) electrons. The lowest BCUT2D eigenvalue weighted by molar-refractivity contribution is 0.414. The van der Waals surface area contributed by atoms with Gasteiger partial charge in [-0.3, -0.25) is 14.9 Å². The van der Waals surface area contributed by atoms with Crippen molar-refractivity contribution in [1.82, 2.24) is 9.78 Å². The molecular weight excluding hydrogens is 430 g/mol. The second kappa shape index (κ2) is 10.1. The minimum atomic E-state index is -0.174. The van der Waals surface area contributed by atoms with Gasteiger partial charge in [-0.25, -0.2) is 4.68 Å². The molecule has 0 saturated carbocycles. The van der Waals surface area contributed by atoms with Crippen LogP contribution in [0.2, 0.25) is 0 Å². The summed E-state index contributed by atoms with van der Waals surface area (Å²) in [5, 5.41) is 3.28. The normalized spacial score (nSPS) is 11.4. The summed E-state index contributed by atoms with van der Waals surface area (Å²) in [5.74, 6) is 2.25. The van der Waals surface area contributed by atoms with Crippen molar-refractivity contribution in [2.24, 2.45) is 4.99 Å². The molecule has 1 aromatic heterocycles. The zero-order chi connectivity index (χ0) is 24.1. The third kappa shape index (κ3) is 4.73. The van der Waals surface area contributed by atoms with Gasteiger partial charge < -0.3 is 14.2 Å². The van der Waals surface area contributed by atoms with Crippen LogP contribution < -0.4 is 19.8 Å². The van der Waals surface area contributed by atoms with Crippen LogP contribution in [0.4, 0.5) is 0 Å². The number of nitrogens with zero attached hydrogens (tertiary/aromatic N) is 2. The summed E-state index contributed by atoms with van der Waals surface area (Å²) in [6, 6.07) is 22.6. The maximum Gasteiger partial charge on any atom is 0.280 e. The molecule has 0 fully saturated rings. The van der Waals surface area contributed by atoms with Crippen molar-refractivity contribution in [2.45, 2.75) is 13.5 Å². The van der Waals surface area contributed by atoms with E-state index in [0.717, 1.165) is 28.4 Å². The van der Waals surface area contributed by atoms with Crippen molar-refractivity contribution in [3.63, 3.8) is 0 Å². The van der Waals surface area contributed by atoms with E-state index in [9.17, 15) is 4.79 Å². The first-order chi connectivity index (χ1) is 16.5. The quantitative estimate of drug-likeness (QED) is 0.383. The number of aromatic amines is 1. The van der Waals surface area contributed by atoms with E-state index in [1.807, 2.05) is 79.7 Å². The number of rotatable bonds is 8. The number of H-pyrrole nitrogens is 1. The summed E-state index contributed by atoms with van der Waals surface area (Å²) in [6.07, 6.45) is 0. The monoisotopic (exact) mass is 457 g/mol. The van der Waals surface area contributed by atoms with Crippen molar-refractivity contribution >= 4 is 5.71 Å². The lowest BCUT2D eigenvalue weighted by Gasteiger charge is -2.06. The number of methoxy groups -OCH3 is 3. The molecule has 7 heteroatoms. The molecule has 0 saturated heterocycles. The Bertz CT molecular complexity index is 1330. The average molecular weight is 458 g/mol. The molecule has 4 rings (SSSR count). The standard InChI is InChI=1S/C27H27N3O4/c1-18(28-17-19-5-11-22(32-2)12-6-19)25-26(20-7-13-23(33-3)14-8-20)29-30(27(25)31)21-9-15-24(34-4)16-10-21/h5-16,29H,17H2,1-4H3. The molecule has 0 aliphatic heterocycles. The lowest BCUT2D eigenvalue weighted by Crippen LogP contribution is -2.19. The van der Waals surface area contributed by atoms with Gasteiger partial charge in [-0.05, 0) is 73.2 Å². The van der Waals surface area contributed by atoms with Crippen molar-refractivity contribution < 1.29 is 14.2 Å². The van der Waals surface area contributed by atoms with E-state index >= 15 is 0 Å². The summed E-state index contributed by atoms with van der Waals surface area (Å²) < 4.78 is 17.3. The first-order valence-corrected chi connectivity index (χ1v) is 10.8. The number of hydrogen-bond donors (Lipinski definition) is 1. The van der Waals surface area contributed by atoms with Gasteiger partial charge in [-0.2, -0.15) is 0 Å². The van der Waals surface area contributed by atoms with E-state index in [1.165, 1.54) is 4.68 Å². The van der Waals surface area contributed by atoms with Gasteiger partial charge in [0.25, 0.3) is 5.56 Å². The Morgan fingerprint density at radius 2 is 1.29 bits per heavy atom. The predicted molar refractivity (Wildman–Crippen MR) is 134 cm³/mol. The minimum absolute atomic E-state index is 0.174. The van der Waals surface area contributed by atoms with Gasteiger partial charge in [0, 0.05) is 11.3 Å². The van der Waals surface area contributed by atoms with Crippen molar-refractivity contribution in [3.05, 3.63) is 94.3 Å². The van der Waals surface area contributed by atoms with Crippen LogP contribution in [0.1, 0.15) is 18.1 Å². The number of ether oxygens (including phenoxy) is 3. The molecule has 7 nitrogen and oxygen atoms in total. The van der Waals surface area contributed by atoms with E-state index in [4.69, 9.17) is 19.2 Å². The first-order valence-electron chi connectivity index (χ1n) is 10.8. The van der Waals surface area contributed by atoms with Crippen LogP contribution in [0, 0.1) is 0 Å². The molecule has 0 amide bonds. The Labute approximate surface area is 198 Å². The molecule has 1 N–H and O–H groups in total. The first kappa shape index (κ1) is 22.9. The van der Waals surface area contributed by atoms with Crippen molar-refractivity contribution in [3.8, 4) is 34.2 Å². The number of aliphatic imine (C=N–C) groups is 1. The third-order valence-electron chi connectivity index (χ3n) is 5.62. The number of benzene rings is 3. The second-order valence-electron chi connectivity index (χ2n) is 7.68. The fraction of sp³-hybridized carbons (Fsp3) is 0.185. The molecule has 4 aromatic rings. The summed E-state index contributed by atoms with van der Waals surface area (Å²) >= 11 is 0. The molecule has 0 atom stereocenters. The Kier molecular flexibility index (Phi) is 6.82. The van der Waals surface area contributed by atoms with E-state index in [2.05, 4.69) is 5.10 Å². The highest BCUT2D eigenvalue weighted by atomic mass is 16.5. The Balaban J connectivity index is 1.77. The van der Waals surface area contributed by atoms with Crippen LogP contribution in [-0.4, -0.2) is 36.8 Å². The molecule has 1 heterocycles. The smallest absolute Gasteiger partial charge is 0.280 e. The van der Waals surface area contributed by atoms with E-state index in [0.29, 0.717) is 29.2 Å². The summed E-state index contributed by atoms with van der Waals surface area (Å²) in [5.41, 5.74) is 4.28. The van der Waals surface area contributed by atoms with Crippen LogP contribution in [0.25, 0.3) is 16.9 Å². The van der Waals surface area contributed by atoms with Gasteiger partial charge in [0.2, 0.25) is 0 Å². The fourth-order valence-corrected chi connectivity index (χ4v) is 3.67. The summed E-state index contributed by atoms with van der Waals surface area (Å²) in [6.45, 7) is 2.31. The van der Waals surface area contributed by atoms with Crippen LogP contribution in [0.3, 0.4) is 0 Å². The average Bonchev–Trinajstić information content (AvgIpc) is 3.24.